The fourth-order valence-electron chi connectivity index (χ4n) is 7.18. The molecule has 2 aromatic heterocycles. The quantitative estimate of drug-likeness (QED) is 0.188. The largest absolute Gasteiger partial charge is 0.481 e. The van der Waals surface area contributed by atoms with Crippen LogP contribution in [0.4, 0.5) is 0 Å². The molecule has 49 heavy (non-hydrogen) atoms. The molecule has 8 nitrogen and oxygen atoms in total. The highest BCUT2D eigenvalue weighted by atomic mass is 32.1. The Bertz CT molecular complexity index is 1650. The molecule has 3 atom stereocenters. The van der Waals surface area contributed by atoms with Crippen molar-refractivity contribution >= 4 is 34.7 Å². The number of carboxylic acids is 1. The average Bonchev–Trinajstić information content (AvgIpc) is 3.56. The molecule has 1 fully saturated rings. The molecule has 2 amide bonds. The van der Waals surface area contributed by atoms with Gasteiger partial charge in [-0.25, -0.2) is 9.97 Å². The lowest BCUT2D eigenvalue weighted by Gasteiger charge is -2.38. The number of unbranched alkanes of at least 4 members (excludes halogenated alkanes) is 1. The van der Waals surface area contributed by atoms with Crippen molar-refractivity contribution in [2.75, 3.05) is 13.1 Å². The second-order valence-corrected chi connectivity index (χ2v) is 16.1. The number of hydrogen-bond acceptors (Lipinski definition) is 6. The molecule has 3 heterocycles. The summed E-state index contributed by atoms with van der Waals surface area (Å²) in [5.74, 6) is 0.160. The van der Waals surface area contributed by atoms with Gasteiger partial charge in [0, 0.05) is 47.9 Å². The molecule has 5 rings (SSSR count). The summed E-state index contributed by atoms with van der Waals surface area (Å²) in [7, 11) is 0. The third-order valence-electron chi connectivity index (χ3n) is 10.3. The standard InChI is InChI=1S/C40H52N4O4S/c1-7-9-10-27(8-2)29-15-16-32(25(3)19-29)30-21-41-36(42-22-30)28-13-11-26(12-14-28)20-33(38(46)44-23-31(24-44)39(47)48)43-37(45)34-17-18-35(49-34)40(4,5)6/h11-14,17-18,21-22,27,29,31,33H,7-10,15-16,19-20,23-24H2,1-6H3,(H,43,45)(H,47,48)/t27-,29?,33-/m0/s1. The maximum Gasteiger partial charge on any atom is 0.310 e. The number of carbonyl (C=O) groups is 3. The summed E-state index contributed by atoms with van der Waals surface area (Å²) < 4.78 is 0. The number of likely N-dealkylation sites (tertiary alicyclic amines) is 1. The van der Waals surface area contributed by atoms with Gasteiger partial charge in [-0.1, -0.05) is 90.1 Å². The van der Waals surface area contributed by atoms with Gasteiger partial charge in [0.1, 0.15) is 6.04 Å². The molecular formula is C40H52N4O4S. The number of allylic oxidation sites excluding steroid dienone is 2. The van der Waals surface area contributed by atoms with E-state index in [0.717, 1.165) is 46.2 Å². The molecule has 2 aliphatic rings. The summed E-state index contributed by atoms with van der Waals surface area (Å²) in [5.41, 5.74) is 5.61. The Balaban J connectivity index is 1.26. The SMILES string of the molecule is CCCC[C@H](CC)C1CCC(c2cnc(-c3ccc(C[C@H](NC(=O)c4ccc(C(C)(C)C)s4)C(=O)N4CC(C(=O)O)C4)cc3)nc2)=C(C)C1. The summed E-state index contributed by atoms with van der Waals surface area (Å²) in [6, 6.07) is 10.7. The van der Waals surface area contributed by atoms with Crippen LogP contribution in [-0.4, -0.2) is 56.9 Å². The van der Waals surface area contributed by atoms with E-state index in [-0.39, 0.29) is 36.7 Å². The predicted octanol–water partition coefficient (Wildman–Crippen LogP) is 8.18. The number of benzene rings is 1. The second-order valence-electron chi connectivity index (χ2n) is 15.0. The van der Waals surface area contributed by atoms with Crippen LogP contribution in [0.3, 0.4) is 0 Å². The van der Waals surface area contributed by atoms with Gasteiger partial charge in [-0.3, -0.25) is 14.4 Å². The van der Waals surface area contributed by atoms with E-state index in [4.69, 9.17) is 9.97 Å². The van der Waals surface area contributed by atoms with Gasteiger partial charge in [0.15, 0.2) is 5.82 Å². The maximum absolute atomic E-state index is 13.5. The van der Waals surface area contributed by atoms with Crippen LogP contribution in [0.15, 0.2) is 54.4 Å². The molecule has 0 saturated carbocycles. The van der Waals surface area contributed by atoms with Gasteiger partial charge in [-0.15, -0.1) is 11.3 Å². The molecule has 0 spiro atoms. The number of thiophene rings is 1. The normalized spacial score (nSPS) is 18.2. The highest BCUT2D eigenvalue weighted by molar-refractivity contribution is 7.14. The number of hydrogen-bond donors (Lipinski definition) is 2. The van der Waals surface area contributed by atoms with Crippen molar-refractivity contribution in [1.29, 1.82) is 0 Å². The zero-order valence-electron chi connectivity index (χ0n) is 29.9. The van der Waals surface area contributed by atoms with E-state index in [9.17, 15) is 19.5 Å². The van der Waals surface area contributed by atoms with Gasteiger partial charge in [0.25, 0.3) is 5.91 Å². The maximum atomic E-state index is 13.5. The lowest BCUT2D eigenvalue weighted by molar-refractivity contribution is -0.153. The molecule has 262 valence electrons. The van der Waals surface area contributed by atoms with E-state index in [1.807, 2.05) is 42.7 Å². The lowest BCUT2D eigenvalue weighted by atomic mass is 9.74. The van der Waals surface area contributed by atoms with Crippen molar-refractivity contribution in [2.45, 2.75) is 104 Å². The molecule has 1 aliphatic carbocycles. The molecule has 0 radical (unpaired) electrons. The molecule has 1 saturated heterocycles. The Hall–Kier alpha value is -3.85. The third-order valence-corrected chi connectivity index (χ3v) is 11.8. The van der Waals surface area contributed by atoms with Crippen LogP contribution < -0.4 is 5.32 Å². The van der Waals surface area contributed by atoms with Crippen LogP contribution in [0.5, 0.6) is 0 Å². The Morgan fingerprint density at radius 3 is 2.29 bits per heavy atom. The molecular weight excluding hydrogens is 633 g/mol. The number of carbonyl (C=O) groups excluding carboxylic acids is 2. The van der Waals surface area contributed by atoms with Crippen LogP contribution in [0, 0.1) is 17.8 Å². The number of nitrogens with zero attached hydrogens (tertiary/aromatic N) is 3. The minimum absolute atomic E-state index is 0.0879. The molecule has 9 heteroatoms. The van der Waals surface area contributed by atoms with Crippen LogP contribution in [-0.2, 0) is 21.4 Å². The van der Waals surface area contributed by atoms with Crippen molar-refractivity contribution in [3.05, 3.63) is 75.2 Å². The zero-order chi connectivity index (χ0) is 35.3. The van der Waals surface area contributed by atoms with Crippen molar-refractivity contribution in [3.63, 3.8) is 0 Å². The Morgan fingerprint density at radius 1 is 1.02 bits per heavy atom. The van der Waals surface area contributed by atoms with Gasteiger partial charge in [0.2, 0.25) is 5.91 Å². The van der Waals surface area contributed by atoms with Crippen LogP contribution in [0.25, 0.3) is 17.0 Å². The fraction of sp³-hybridized carbons (Fsp3) is 0.525. The fourth-order valence-corrected chi connectivity index (χ4v) is 8.15. The average molecular weight is 685 g/mol. The number of amides is 2. The van der Waals surface area contributed by atoms with E-state index in [1.165, 1.54) is 59.5 Å². The monoisotopic (exact) mass is 684 g/mol. The lowest BCUT2D eigenvalue weighted by Crippen LogP contribution is -2.59. The summed E-state index contributed by atoms with van der Waals surface area (Å²) in [5, 5.41) is 12.3. The third kappa shape index (κ3) is 8.85. The van der Waals surface area contributed by atoms with E-state index in [2.05, 4.69) is 46.9 Å². The number of aliphatic carboxylic acids is 1. The Kier molecular flexibility index (Phi) is 11.7. The first-order chi connectivity index (χ1) is 23.4. The van der Waals surface area contributed by atoms with Gasteiger partial charge in [0.05, 0.1) is 10.8 Å². The molecule has 1 aliphatic heterocycles. The zero-order valence-corrected chi connectivity index (χ0v) is 30.7. The minimum Gasteiger partial charge on any atom is -0.481 e. The van der Waals surface area contributed by atoms with Gasteiger partial charge >= 0.3 is 5.97 Å². The van der Waals surface area contributed by atoms with Crippen LogP contribution >= 0.6 is 11.3 Å². The predicted molar refractivity (Wildman–Crippen MR) is 196 cm³/mol. The van der Waals surface area contributed by atoms with E-state index in [0.29, 0.717) is 10.7 Å². The number of carboxylic acid groups (broad SMARTS) is 1. The van der Waals surface area contributed by atoms with Crippen LogP contribution in [0.1, 0.15) is 112 Å². The van der Waals surface area contributed by atoms with Gasteiger partial charge in [-0.05, 0) is 66.7 Å². The first-order valence-electron chi connectivity index (χ1n) is 17.9. The van der Waals surface area contributed by atoms with E-state index >= 15 is 0 Å². The molecule has 1 aromatic carbocycles. The summed E-state index contributed by atoms with van der Waals surface area (Å²) >= 11 is 1.42. The molecule has 0 bridgehead atoms. The van der Waals surface area contributed by atoms with Crippen molar-refractivity contribution in [2.24, 2.45) is 17.8 Å². The summed E-state index contributed by atoms with van der Waals surface area (Å²) in [4.78, 5) is 50.8. The molecule has 3 aromatic rings. The van der Waals surface area contributed by atoms with E-state index in [1.54, 1.807) is 6.07 Å². The molecule has 2 N–H and O–H groups in total. The Morgan fingerprint density at radius 2 is 1.71 bits per heavy atom. The topological polar surface area (TPSA) is 112 Å². The minimum atomic E-state index is -0.911. The second kappa shape index (κ2) is 15.8. The highest BCUT2D eigenvalue weighted by Crippen LogP contribution is 2.40. The summed E-state index contributed by atoms with van der Waals surface area (Å²) in [6.07, 6.45) is 12.8. The number of rotatable bonds is 13. The van der Waals surface area contributed by atoms with Crippen molar-refractivity contribution < 1.29 is 19.5 Å². The van der Waals surface area contributed by atoms with Crippen molar-refractivity contribution in [1.82, 2.24) is 20.2 Å². The first kappa shape index (κ1) is 36.4. The first-order valence-corrected chi connectivity index (χ1v) is 18.7. The van der Waals surface area contributed by atoms with Gasteiger partial charge in [-0.2, -0.15) is 0 Å². The Labute approximate surface area is 295 Å². The van der Waals surface area contributed by atoms with E-state index < -0.39 is 17.9 Å². The van der Waals surface area contributed by atoms with Crippen molar-refractivity contribution in [3.8, 4) is 11.4 Å². The molecule has 1 unspecified atom stereocenters. The number of aromatic nitrogens is 2. The number of nitrogens with one attached hydrogen (secondary N) is 1. The van der Waals surface area contributed by atoms with Gasteiger partial charge < -0.3 is 15.3 Å². The summed E-state index contributed by atoms with van der Waals surface area (Å²) in [6.45, 7) is 13.5. The highest BCUT2D eigenvalue weighted by Gasteiger charge is 2.39. The smallest absolute Gasteiger partial charge is 0.310 e. The van der Waals surface area contributed by atoms with Crippen LogP contribution in [0.2, 0.25) is 0 Å².